The highest BCUT2D eigenvalue weighted by atomic mass is 16.3. The third-order valence-corrected chi connectivity index (χ3v) is 1.42. The Morgan fingerprint density at radius 2 is 2.17 bits per heavy atom. The van der Waals surface area contributed by atoms with Gasteiger partial charge in [-0.3, -0.25) is 0 Å². The molecule has 0 aromatic rings. The molecule has 12 heavy (non-hydrogen) atoms. The average Bonchev–Trinajstić information content (AvgIpc) is 1.98. The van der Waals surface area contributed by atoms with E-state index in [1.165, 1.54) is 0 Å². The number of aliphatic hydroxyl groups excluding tert-OH is 1. The summed E-state index contributed by atoms with van der Waals surface area (Å²) in [4.78, 5) is 10.8. The number of hydrogen-bond donors (Lipinski definition) is 3. The van der Waals surface area contributed by atoms with E-state index < -0.39 is 0 Å². The van der Waals surface area contributed by atoms with E-state index in [1.54, 1.807) is 6.92 Å². The highest BCUT2D eigenvalue weighted by Crippen LogP contribution is 1.92. The highest BCUT2D eigenvalue weighted by molar-refractivity contribution is 5.73. The van der Waals surface area contributed by atoms with Gasteiger partial charge in [-0.25, -0.2) is 4.79 Å². The van der Waals surface area contributed by atoms with Gasteiger partial charge < -0.3 is 15.7 Å². The van der Waals surface area contributed by atoms with Gasteiger partial charge in [0.1, 0.15) is 0 Å². The number of amides is 2. The Balaban J connectivity index is 3.14. The molecule has 0 saturated carbocycles. The normalized spacial score (nSPS) is 12.2. The maximum atomic E-state index is 10.8. The molecular weight excluding hydrogens is 156 g/mol. The Morgan fingerprint density at radius 3 is 2.67 bits per heavy atom. The van der Waals surface area contributed by atoms with Crippen molar-refractivity contribution in [2.24, 2.45) is 0 Å². The molecule has 0 aliphatic heterocycles. The molecule has 72 valence electrons. The monoisotopic (exact) mass is 174 g/mol. The maximum Gasteiger partial charge on any atom is 0.314 e. The molecule has 3 N–H and O–H groups in total. The third-order valence-electron chi connectivity index (χ3n) is 1.42. The molecule has 4 nitrogen and oxygen atoms in total. The van der Waals surface area contributed by atoms with Crippen LogP contribution in [0.15, 0.2) is 0 Å². The van der Waals surface area contributed by atoms with Crippen LogP contribution in [0.5, 0.6) is 0 Å². The molecule has 0 fully saturated rings. The fourth-order valence-electron chi connectivity index (χ4n) is 0.822. The molecule has 1 atom stereocenters. The van der Waals surface area contributed by atoms with Crippen LogP contribution in [-0.2, 0) is 0 Å². The molecule has 1 unspecified atom stereocenters. The van der Waals surface area contributed by atoms with E-state index >= 15 is 0 Å². The van der Waals surface area contributed by atoms with Crippen LogP contribution in [0.2, 0.25) is 0 Å². The first kappa shape index (κ1) is 11.2. The van der Waals surface area contributed by atoms with E-state index in [9.17, 15) is 4.79 Å². The van der Waals surface area contributed by atoms with Gasteiger partial charge in [-0.1, -0.05) is 0 Å². The molecule has 0 aromatic carbocycles. The van der Waals surface area contributed by atoms with Crippen molar-refractivity contribution in [2.45, 2.75) is 32.8 Å². The van der Waals surface area contributed by atoms with Crippen molar-refractivity contribution < 1.29 is 9.90 Å². The second-order valence-corrected chi connectivity index (χ2v) is 2.78. The van der Waals surface area contributed by atoms with E-state index in [1.807, 2.05) is 6.92 Å². The maximum absolute atomic E-state index is 10.8. The van der Waals surface area contributed by atoms with Crippen molar-refractivity contribution in [3.8, 4) is 0 Å². The molecule has 0 aromatic heterocycles. The second kappa shape index (κ2) is 6.91. The van der Waals surface area contributed by atoms with Crippen LogP contribution in [0.1, 0.15) is 26.7 Å². The molecule has 0 heterocycles. The van der Waals surface area contributed by atoms with E-state index in [0.29, 0.717) is 13.1 Å². The molecule has 0 rings (SSSR count). The Morgan fingerprint density at radius 1 is 1.50 bits per heavy atom. The van der Waals surface area contributed by atoms with Crippen molar-refractivity contribution in [3.05, 3.63) is 0 Å². The minimum absolute atomic E-state index is 0.136. The number of aliphatic hydroxyl groups is 1. The van der Waals surface area contributed by atoms with Crippen LogP contribution >= 0.6 is 0 Å². The SMILES string of the molecule is CCNC(=O)NCCCC(C)O. The molecule has 0 saturated heterocycles. The van der Waals surface area contributed by atoms with Gasteiger partial charge in [-0.05, 0) is 26.7 Å². The average molecular weight is 174 g/mol. The summed E-state index contributed by atoms with van der Waals surface area (Å²) in [5.41, 5.74) is 0. The van der Waals surface area contributed by atoms with Gasteiger partial charge in [0, 0.05) is 13.1 Å². The first-order valence-corrected chi connectivity index (χ1v) is 4.36. The smallest absolute Gasteiger partial charge is 0.314 e. The Hall–Kier alpha value is -0.770. The second-order valence-electron chi connectivity index (χ2n) is 2.78. The molecule has 0 spiro atoms. The summed E-state index contributed by atoms with van der Waals surface area (Å²) in [7, 11) is 0. The van der Waals surface area contributed by atoms with Crippen LogP contribution < -0.4 is 10.6 Å². The van der Waals surface area contributed by atoms with Crippen molar-refractivity contribution in [1.29, 1.82) is 0 Å². The van der Waals surface area contributed by atoms with Gasteiger partial charge in [-0.2, -0.15) is 0 Å². The van der Waals surface area contributed by atoms with Crippen LogP contribution in [0, 0.1) is 0 Å². The van der Waals surface area contributed by atoms with Crippen LogP contribution in [-0.4, -0.2) is 30.3 Å². The van der Waals surface area contributed by atoms with Gasteiger partial charge in [0.25, 0.3) is 0 Å². The minimum atomic E-state index is -0.277. The largest absolute Gasteiger partial charge is 0.393 e. The van der Waals surface area contributed by atoms with Gasteiger partial charge in [0.2, 0.25) is 0 Å². The molecular formula is C8H18N2O2. The van der Waals surface area contributed by atoms with Crippen molar-refractivity contribution in [1.82, 2.24) is 10.6 Å². The van der Waals surface area contributed by atoms with Gasteiger partial charge >= 0.3 is 6.03 Å². The van der Waals surface area contributed by atoms with E-state index in [0.717, 1.165) is 12.8 Å². The summed E-state index contributed by atoms with van der Waals surface area (Å²) < 4.78 is 0. The van der Waals surface area contributed by atoms with Gasteiger partial charge in [-0.15, -0.1) is 0 Å². The minimum Gasteiger partial charge on any atom is -0.393 e. The first-order valence-electron chi connectivity index (χ1n) is 4.36. The summed E-state index contributed by atoms with van der Waals surface area (Å²) in [6.07, 6.45) is 1.27. The van der Waals surface area contributed by atoms with Gasteiger partial charge in [0.05, 0.1) is 6.10 Å². The highest BCUT2D eigenvalue weighted by Gasteiger charge is 1.97. The number of hydrogen-bond acceptors (Lipinski definition) is 2. The van der Waals surface area contributed by atoms with E-state index in [-0.39, 0.29) is 12.1 Å². The van der Waals surface area contributed by atoms with Crippen LogP contribution in [0.4, 0.5) is 4.79 Å². The summed E-state index contributed by atoms with van der Waals surface area (Å²) in [5.74, 6) is 0. The van der Waals surface area contributed by atoms with Crippen LogP contribution in [0.3, 0.4) is 0 Å². The zero-order valence-electron chi connectivity index (χ0n) is 7.76. The number of carbonyl (C=O) groups excluding carboxylic acids is 1. The number of carbonyl (C=O) groups is 1. The number of urea groups is 1. The zero-order valence-corrected chi connectivity index (χ0v) is 7.76. The zero-order chi connectivity index (χ0) is 9.40. The fraction of sp³-hybridized carbons (Fsp3) is 0.875. The molecule has 0 radical (unpaired) electrons. The predicted octanol–water partition coefficient (Wildman–Crippen LogP) is 0.467. The Kier molecular flexibility index (Phi) is 6.47. The standard InChI is InChI=1S/C8H18N2O2/c1-3-9-8(12)10-6-4-5-7(2)11/h7,11H,3-6H2,1-2H3,(H2,9,10,12). The summed E-state index contributed by atoms with van der Waals surface area (Å²) in [6.45, 7) is 4.88. The first-order chi connectivity index (χ1) is 5.66. The third kappa shape index (κ3) is 7.34. The molecule has 0 bridgehead atoms. The summed E-state index contributed by atoms with van der Waals surface area (Å²) in [5, 5.41) is 14.2. The van der Waals surface area contributed by atoms with Crippen LogP contribution in [0.25, 0.3) is 0 Å². The van der Waals surface area contributed by atoms with Crippen molar-refractivity contribution in [2.75, 3.05) is 13.1 Å². The Bertz CT molecular complexity index is 126. The summed E-state index contributed by atoms with van der Waals surface area (Å²) in [6, 6.07) is -0.136. The quantitative estimate of drug-likeness (QED) is 0.530. The lowest BCUT2D eigenvalue weighted by Gasteiger charge is -2.06. The predicted molar refractivity (Wildman–Crippen MR) is 48.0 cm³/mol. The lowest BCUT2D eigenvalue weighted by molar-refractivity contribution is 0.181. The van der Waals surface area contributed by atoms with Crippen molar-refractivity contribution in [3.63, 3.8) is 0 Å². The lowest BCUT2D eigenvalue weighted by Crippen LogP contribution is -2.35. The molecule has 4 heteroatoms. The summed E-state index contributed by atoms with van der Waals surface area (Å²) >= 11 is 0. The number of rotatable bonds is 5. The van der Waals surface area contributed by atoms with E-state index in [2.05, 4.69) is 10.6 Å². The topological polar surface area (TPSA) is 61.4 Å². The molecule has 2 amide bonds. The Labute approximate surface area is 73.3 Å². The fourth-order valence-corrected chi connectivity index (χ4v) is 0.822. The van der Waals surface area contributed by atoms with Crippen molar-refractivity contribution >= 4 is 6.03 Å². The van der Waals surface area contributed by atoms with E-state index in [4.69, 9.17) is 5.11 Å². The lowest BCUT2D eigenvalue weighted by atomic mass is 10.2. The van der Waals surface area contributed by atoms with Gasteiger partial charge in [0.15, 0.2) is 0 Å². The molecule has 0 aliphatic carbocycles. The number of nitrogens with one attached hydrogen (secondary N) is 2. The molecule has 0 aliphatic rings.